The third-order valence-corrected chi connectivity index (χ3v) is 7.96. The normalized spacial score (nSPS) is 45.7. The van der Waals surface area contributed by atoms with Gasteiger partial charge in [0.2, 0.25) is 5.91 Å². The minimum absolute atomic E-state index is 0.120. The Morgan fingerprint density at radius 1 is 1.00 bits per heavy atom. The standard InChI is InChI=1S/C22H41IN4O12/c1-35-17-7(25)4-8(27-20(34)9(29)2-3-23)13(30)19(17)39-22-16(33)18(11(6-28)37-22)38-21-12(26)15(32)14(31)10(5-24)36-21/h7-19,21-22,28-33H,2-6,24-26H2,1H3,(H,27,34)/t7-,8+,9-,10-,11+,12+,13-,14+,15+,16+,17+,18+,19+,21+,22-/m0/s1. The summed E-state index contributed by atoms with van der Waals surface area (Å²) in [4.78, 5) is 12.4. The monoisotopic (exact) mass is 680 g/mol. The molecule has 39 heavy (non-hydrogen) atoms. The number of carbonyl (C=O) groups excluding carboxylic acids is 1. The molecule has 0 radical (unpaired) electrons. The van der Waals surface area contributed by atoms with E-state index in [9.17, 15) is 35.4 Å². The summed E-state index contributed by atoms with van der Waals surface area (Å²) in [6.07, 6.45) is -14.8. The summed E-state index contributed by atoms with van der Waals surface area (Å²) >= 11 is 2.03. The van der Waals surface area contributed by atoms with Crippen LogP contribution in [0, 0.1) is 0 Å². The van der Waals surface area contributed by atoms with E-state index in [1.807, 2.05) is 22.6 Å². The molecular weight excluding hydrogens is 639 g/mol. The predicted molar refractivity (Wildman–Crippen MR) is 140 cm³/mol. The molecule has 2 aliphatic heterocycles. The maximum atomic E-state index is 12.4. The summed E-state index contributed by atoms with van der Waals surface area (Å²) in [6.45, 7) is -0.752. The lowest BCUT2D eigenvalue weighted by atomic mass is 9.83. The number of ether oxygens (including phenoxy) is 5. The van der Waals surface area contributed by atoms with Gasteiger partial charge in [-0.25, -0.2) is 0 Å². The van der Waals surface area contributed by atoms with Crippen LogP contribution in [0.15, 0.2) is 0 Å². The summed E-state index contributed by atoms with van der Waals surface area (Å²) in [6, 6.07) is -2.82. The molecule has 0 bridgehead atoms. The van der Waals surface area contributed by atoms with Crippen LogP contribution in [0.5, 0.6) is 0 Å². The second kappa shape index (κ2) is 14.7. The number of hydrogen-bond donors (Lipinski definition) is 10. The maximum Gasteiger partial charge on any atom is 0.249 e. The SMILES string of the molecule is CO[C@H]1[C@H](O[C@@H]2O[C@H](CO)[C@@H](O[C@H]3O[C@@H](CN)[C@@H](O)[C@H](O)[C@H]3N)[C@H]2O)[C@@H](O)[C@H](NC(=O)[C@@H](O)CCI)C[C@@H]1N. The van der Waals surface area contributed by atoms with Gasteiger partial charge >= 0.3 is 0 Å². The lowest BCUT2D eigenvalue weighted by Crippen LogP contribution is -2.65. The van der Waals surface area contributed by atoms with Crippen LogP contribution in [-0.2, 0) is 28.5 Å². The third kappa shape index (κ3) is 7.35. The molecule has 16 nitrogen and oxygen atoms in total. The zero-order chi connectivity index (χ0) is 29.0. The third-order valence-electron chi connectivity index (χ3n) is 7.34. The summed E-state index contributed by atoms with van der Waals surface area (Å²) in [5, 5.41) is 64.9. The number of amides is 1. The van der Waals surface area contributed by atoms with Crippen LogP contribution in [0.2, 0.25) is 0 Å². The lowest BCUT2D eigenvalue weighted by molar-refractivity contribution is -0.280. The van der Waals surface area contributed by atoms with E-state index in [4.69, 9.17) is 40.9 Å². The molecule has 0 aromatic carbocycles. The topological polar surface area (TPSA) is 275 Å². The van der Waals surface area contributed by atoms with Gasteiger partial charge in [-0.3, -0.25) is 4.79 Å². The molecule has 13 N–H and O–H groups in total. The molecule has 15 atom stereocenters. The van der Waals surface area contributed by atoms with Gasteiger partial charge in [0, 0.05) is 24.1 Å². The maximum absolute atomic E-state index is 12.4. The number of rotatable bonds is 11. The first kappa shape index (κ1) is 33.1. The van der Waals surface area contributed by atoms with E-state index in [0.717, 1.165) is 0 Å². The molecule has 0 unspecified atom stereocenters. The highest BCUT2D eigenvalue weighted by Gasteiger charge is 2.53. The van der Waals surface area contributed by atoms with E-state index >= 15 is 0 Å². The average molecular weight is 680 g/mol. The van der Waals surface area contributed by atoms with Gasteiger partial charge in [0.1, 0.15) is 61.0 Å². The lowest BCUT2D eigenvalue weighted by Gasteiger charge is -2.44. The van der Waals surface area contributed by atoms with Crippen molar-refractivity contribution in [3.05, 3.63) is 0 Å². The molecule has 0 aromatic heterocycles. The Kier molecular flexibility index (Phi) is 12.5. The van der Waals surface area contributed by atoms with Crippen LogP contribution in [0.1, 0.15) is 12.8 Å². The number of aliphatic hydroxyl groups excluding tert-OH is 6. The fraction of sp³-hybridized carbons (Fsp3) is 0.955. The molecule has 3 aliphatic rings. The van der Waals surface area contributed by atoms with Crippen molar-refractivity contribution < 1.29 is 59.1 Å². The zero-order valence-corrected chi connectivity index (χ0v) is 23.6. The number of hydrogen-bond acceptors (Lipinski definition) is 15. The number of methoxy groups -OCH3 is 1. The Bertz CT molecular complexity index is 789. The number of halogens is 1. The first-order chi connectivity index (χ1) is 18.5. The highest BCUT2D eigenvalue weighted by molar-refractivity contribution is 14.1. The van der Waals surface area contributed by atoms with Crippen molar-refractivity contribution >= 4 is 28.5 Å². The van der Waals surface area contributed by atoms with Crippen LogP contribution in [0.4, 0.5) is 0 Å². The first-order valence-corrected chi connectivity index (χ1v) is 14.2. The fourth-order valence-electron chi connectivity index (χ4n) is 5.07. The number of carbonyl (C=O) groups is 1. The van der Waals surface area contributed by atoms with Gasteiger partial charge in [0.15, 0.2) is 12.6 Å². The van der Waals surface area contributed by atoms with E-state index in [1.165, 1.54) is 7.11 Å². The van der Waals surface area contributed by atoms with Gasteiger partial charge in [-0.2, -0.15) is 0 Å². The number of nitrogens with two attached hydrogens (primary N) is 3. The molecule has 2 saturated heterocycles. The van der Waals surface area contributed by atoms with E-state index in [2.05, 4.69) is 5.32 Å². The molecule has 2 heterocycles. The minimum atomic E-state index is -1.54. The van der Waals surface area contributed by atoms with Crippen LogP contribution >= 0.6 is 22.6 Å². The molecule has 1 aliphatic carbocycles. The van der Waals surface area contributed by atoms with Crippen molar-refractivity contribution in [2.45, 2.75) is 105 Å². The van der Waals surface area contributed by atoms with Crippen LogP contribution < -0.4 is 22.5 Å². The molecular formula is C22H41IN4O12. The van der Waals surface area contributed by atoms with E-state index in [1.54, 1.807) is 0 Å². The summed E-state index contributed by atoms with van der Waals surface area (Å²) < 4.78 is 28.9. The van der Waals surface area contributed by atoms with Crippen molar-refractivity contribution in [1.82, 2.24) is 5.32 Å². The second-order valence-electron chi connectivity index (χ2n) is 9.95. The molecule has 1 saturated carbocycles. The quantitative estimate of drug-likeness (QED) is 0.0720. The van der Waals surface area contributed by atoms with E-state index < -0.39 is 104 Å². The van der Waals surface area contributed by atoms with Gasteiger partial charge in [-0.05, 0) is 12.8 Å². The number of alkyl halides is 1. The molecule has 0 spiro atoms. The summed E-state index contributed by atoms with van der Waals surface area (Å²) in [5.41, 5.74) is 17.8. The Morgan fingerprint density at radius 2 is 1.64 bits per heavy atom. The summed E-state index contributed by atoms with van der Waals surface area (Å²) in [5.74, 6) is -0.671. The zero-order valence-electron chi connectivity index (χ0n) is 21.4. The largest absolute Gasteiger partial charge is 0.394 e. The van der Waals surface area contributed by atoms with Crippen LogP contribution in [0.25, 0.3) is 0 Å². The van der Waals surface area contributed by atoms with Gasteiger partial charge in [0.05, 0.1) is 18.7 Å². The Balaban J connectivity index is 1.72. The minimum Gasteiger partial charge on any atom is -0.394 e. The van der Waals surface area contributed by atoms with Crippen LogP contribution in [0.3, 0.4) is 0 Å². The second-order valence-corrected chi connectivity index (χ2v) is 11.0. The molecule has 0 aromatic rings. The van der Waals surface area contributed by atoms with Gasteiger partial charge in [-0.1, -0.05) is 22.6 Å². The van der Waals surface area contributed by atoms with E-state index in [0.29, 0.717) is 4.43 Å². The van der Waals surface area contributed by atoms with Gasteiger partial charge < -0.3 is 76.8 Å². The van der Waals surface area contributed by atoms with Gasteiger partial charge in [-0.15, -0.1) is 0 Å². The van der Waals surface area contributed by atoms with Crippen molar-refractivity contribution in [1.29, 1.82) is 0 Å². The molecule has 228 valence electrons. The van der Waals surface area contributed by atoms with Crippen molar-refractivity contribution in [3.63, 3.8) is 0 Å². The molecule has 3 rings (SSSR count). The van der Waals surface area contributed by atoms with Gasteiger partial charge in [0.25, 0.3) is 0 Å². The molecule has 17 heteroatoms. The molecule has 1 amide bonds. The summed E-state index contributed by atoms with van der Waals surface area (Å²) in [7, 11) is 1.36. The number of aliphatic hydroxyl groups is 6. The van der Waals surface area contributed by atoms with E-state index in [-0.39, 0.29) is 19.4 Å². The molecule has 3 fully saturated rings. The van der Waals surface area contributed by atoms with Crippen LogP contribution in [-0.4, -0.2) is 153 Å². The fourth-order valence-corrected chi connectivity index (χ4v) is 5.66. The Morgan fingerprint density at radius 3 is 2.23 bits per heavy atom. The smallest absolute Gasteiger partial charge is 0.249 e. The number of nitrogens with one attached hydrogen (secondary N) is 1. The highest BCUT2D eigenvalue weighted by atomic mass is 127. The first-order valence-electron chi connectivity index (χ1n) is 12.7. The highest BCUT2D eigenvalue weighted by Crippen LogP contribution is 2.33. The average Bonchev–Trinajstić information content (AvgIpc) is 3.21. The van der Waals surface area contributed by atoms with Crippen molar-refractivity contribution in [2.24, 2.45) is 17.2 Å². The Labute approximate surface area is 239 Å². The van der Waals surface area contributed by atoms with Crippen molar-refractivity contribution in [3.8, 4) is 0 Å². The Hall–Kier alpha value is -0.360. The predicted octanol–water partition coefficient (Wildman–Crippen LogP) is -5.65. The van der Waals surface area contributed by atoms with Crippen molar-refractivity contribution in [2.75, 3.05) is 24.7 Å².